The number of anilines is 1. The minimum Gasteiger partial charge on any atom is -0.352 e. The number of aromatic nitrogens is 1. The Morgan fingerprint density at radius 1 is 1.00 bits per heavy atom. The number of aryl methyl sites for hydroxylation is 1. The first-order valence-corrected chi connectivity index (χ1v) is 8.88. The van der Waals surface area contributed by atoms with Gasteiger partial charge in [0.15, 0.2) is 0 Å². The van der Waals surface area contributed by atoms with E-state index in [2.05, 4.69) is 15.6 Å². The van der Waals surface area contributed by atoms with Crippen molar-refractivity contribution in [3.05, 3.63) is 95.1 Å². The quantitative estimate of drug-likeness (QED) is 0.687. The second-order valence-corrected chi connectivity index (χ2v) is 6.33. The number of hydrogen-bond acceptors (Lipinski definition) is 3. The van der Waals surface area contributed by atoms with Crippen LogP contribution in [0.1, 0.15) is 32.0 Å². The number of rotatable bonds is 6. The molecule has 1 heterocycles. The Morgan fingerprint density at radius 2 is 1.75 bits per heavy atom. The first kappa shape index (κ1) is 19.2. The van der Waals surface area contributed by atoms with Gasteiger partial charge in [-0.05, 0) is 54.8 Å². The summed E-state index contributed by atoms with van der Waals surface area (Å²) in [6.07, 6.45) is 2.01. The maximum atomic E-state index is 12.9. The van der Waals surface area contributed by atoms with Crippen LogP contribution in [-0.4, -0.2) is 23.3 Å². The van der Waals surface area contributed by atoms with Gasteiger partial charge in [-0.1, -0.05) is 30.3 Å². The molecule has 0 unspecified atom stereocenters. The molecule has 0 fully saturated rings. The largest absolute Gasteiger partial charge is 0.352 e. The third-order valence-corrected chi connectivity index (χ3v) is 4.26. The number of halogens is 1. The topological polar surface area (TPSA) is 71.1 Å². The number of carbonyl (C=O) groups is 2. The van der Waals surface area contributed by atoms with E-state index in [1.807, 2.05) is 25.1 Å². The number of pyridine rings is 1. The number of amides is 2. The molecule has 28 heavy (non-hydrogen) atoms. The Balaban J connectivity index is 1.60. The van der Waals surface area contributed by atoms with Crippen LogP contribution in [0.2, 0.25) is 0 Å². The third-order valence-electron chi connectivity index (χ3n) is 4.26. The lowest BCUT2D eigenvalue weighted by atomic mass is 10.1. The van der Waals surface area contributed by atoms with Gasteiger partial charge < -0.3 is 10.6 Å². The van der Waals surface area contributed by atoms with Crippen LogP contribution in [0, 0.1) is 12.7 Å². The summed E-state index contributed by atoms with van der Waals surface area (Å²) in [6, 6.07) is 16.6. The molecule has 3 rings (SSSR count). The highest BCUT2D eigenvalue weighted by molar-refractivity contribution is 6.05. The average Bonchev–Trinajstić information content (AvgIpc) is 2.71. The molecule has 0 aliphatic rings. The van der Waals surface area contributed by atoms with Gasteiger partial charge in [0, 0.05) is 24.0 Å². The van der Waals surface area contributed by atoms with Gasteiger partial charge in [-0.3, -0.25) is 14.6 Å². The molecule has 0 spiro atoms. The zero-order valence-corrected chi connectivity index (χ0v) is 15.4. The average molecular weight is 377 g/mol. The maximum absolute atomic E-state index is 12.9. The minimum absolute atomic E-state index is 0.162. The maximum Gasteiger partial charge on any atom is 0.274 e. The molecule has 2 aromatic carbocycles. The van der Waals surface area contributed by atoms with Crippen LogP contribution in [0.15, 0.2) is 66.9 Å². The highest BCUT2D eigenvalue weighted by Crippen LogP contribution is 2.14. The molecule has 0 bridgehead atoms. The van der Waals surface area contributed by atoms with E-state index in [9.17, 15) is 14.0 Å². The first-order chi connectivity index (χ1) is 13.5. The lowest BCUT2D eigenvalue weighted by Crippen LogP contribution is -2.26. The highest BCUT2D eigenvalue weighted by atomic mass is 19.1. The monoisotopic (exact) mass is 377 g/mol. The van der Waals surface area contributed by atoms with Crippen molar-refractivity contribution in [3.8, 4) is 0 Å². The third kappa shape index (κ3) is 5.01. The van der Waals surface area contributed by atoms with Crippen molar-refractivity contribution in [2.45, 2.75) is 13.3 Å². The van der Waals surface area contributed by atoms with Gasteiger partial charge in [-0.2, -0.15) is 0 Å². The van der Waals surface area contributed by atoms with Crippen molar-refractivity contribution in [1.82, 2.24) is 10.3 Å². The van der Waals surface area contributed by atoms with E-state index < -0.39 is 0 Å². The van der Waals surface area contributed by atoms with E-state index in [0.717, 1.165) is 11.1 Å². The van der Waals surface area contributed by atoms with E-state index >= 15 is 0 Å². The molecule has 0 atom stereocenters. The van der Waals surface area contributed by atoms with Gasteiger partial charge >= 0.3 is 0 Å². The number of benzene rings is 2. The molecule has 142 valence electrons. The summed E-state index contributed by atoms with van der Waals surface area (Å²) >= 11 is 0. The molecular weight excluding hydrogens is 357 g/mol. The fourth-order valence-electron chi connectivity index (χ4n) is 2.67. The van der Waals surface area contributed by atoms with Gasteiger partial charge in [-0.25, -0.2) is 4.39 Å². The van der Waals surface area contributed by atoms with Crippen LogP contribution in [0.4, 0.5) is 10.1 Å². The molecule has 1 aromatic heterocycles. The molecule has 0 saturated heterocycles. The standard InChI is InChI=1S/C22H20FN3O2/c1-15-4-2-3-5-19(15)26-22(28)20-14-17(11-13-24-20)21(27)25-12-10-16-6-8-18(23)9-7-16/h2-9,11,13-14H,10,12H2,1H3,(H,25,27)(H,26,28). The Morgan fingerprint density at radius 3 is 2.50 bits per heavy atom. The number of carbonyl (C=O) groups excluding carboxylic acids is 2. The molecule has 3 aromatic rings. The van der Waals surface area contributed by atoms with Crippen molar-refractivity contribution in [2.75, 3.05) is 11.9 Å². The summed E-state index contributed by atoms with van der Waals surface area (Å²) in [6.45, 7) is 2.30. The van der Waals surface area contributed by atoms with Gasteiger partial charge in [0.05, 0.1) is 0 Å². The van der Waals surface area contributed by atoms with Crippen LogP contribution in [0.3, 0.4) is 0 Å². The Labute approximate surface area is 162 Å². The fraction of sp³-hybridized carbons (Fsp3) is 0.136. The van der Waals surface area contributed by atoms with E-state index in [0.29, 0.717) is 24.2 Å². The van der Waals surface area contributed by atoms with Crippen molar-refractivity contribution in [2.24, 2.45) is 0 Å². The summed E-state index contributed by atoms with van der Waals surface area (Å²) in [5, 5.41) is 5.59. The van der Waals surface area contributed by atoms with Crippen LogP contribution in [0.5, 0.6) is 0 Å². The molecular formula is C22H20FN3O2. The molecule has 0 aliphatic heterocycles. The molecule has 0 saturated carbocycles. The molecule has 6 heteroatoms. The van der Waals surface area contributed by atoms with Crippen molar-refractivity contribution in [1.29, 1.82) is 0 Å². The van der Waals surface area contributed by atoms with E-state index in [-0.39, 0.29) is 23.3 Å². The van der Waals surface area contributed by atoms with Crippen LogP contribution >= 0.6 is 0 Å². The van der Waals surface area contributed by atoms with Gasteiger partial charge in [0.25, 0.3) is 11.8 Å². The Hall–Kier alpha value is -3.54. The first-order valence-electron chi connectivity index (χ1n) is 8.88. The van der Waals surface area contributed by atoms with E-state index in [4.69, 9.17) is 0 Å². The normalized spacial score (nSPS) is 10.4. The predicted molar refractivity (Wildman–Crippen MR) is 106 cm³/mol. The molecule has 2 amide bonds. The lowest BCUT2D eigenvalue weighted by molar-refractivity contribution is 0.0954. The number of hydrogen-bond donors (Lipinski definition) is 2. The Kier molecular flexibility index (Phi) is 6.11. The molecule has 0 radical (unpaired) electrons. The van der Waals surface area contributed by atoms with Crippen LogP contribution in [-0.2, 0) is 6.42 Å². The second kappa shape index (κ2) is 8.90. The zero-order chi connectivity index (χ0) is 19.9. The summed E-state index contributed by atoms with van der Waals surface area (Å²) in [5.41, 5.74) is 3.07. The smallest absolute Gasteiger partial charge is 0.274 e. The Bertz CT molecular complexity index is 987. The fourth-order valence-corrected chi connectivity index (χ4v) is 2.67. The summed E-state index contributed by atoms with van der Waals surface area (Å²) < 4.78 is 12.9. The number of nitrogens with one attached hydrogen (secondary N) is 2. The summed E-state index contributed by atoms with van der Waals surface area (Å²) in [7, 11) is 0. The van der Waals surface area contributed by atoms with Crippen LogP contribution in [0.25, 0.3) is 0 Å². The van der Waals surface area contributed by atoms with Crippen molar-refractivity contribution >= 4 is 17.5 Å². The van der Waals surface area contributed by atoms with E-state index in [1.165, 1.54) is 24.4 Å². The minimum atomic E-state index is -0.379. The molecule has 0 aliphatic carbocycles. The number of para-hydroxylation sites is 1. The van der Waals surface area contributed by atoms with E-state index in [1.54, 1.807) is 24.3 Å². The zero-order valence-electron chi connectivity index (χ0n) is 15.4. The number of nitrogens with zero attached hydrogens (tertiary/aromatic N) is 1. The lowest BCUT2D eigenvalue weighted by Gasteiger charge is -2.09. The van der Waals surface area contributed by atoms with Gasteiger partial charge in [-0.15, -0.1) is 0 Å². The molecule has 2 N–H and O–H groups in total. The highest BCUT2D eigenvalue weighted by Gasteiger charge is 2.12. The van der Waals surface area contributed by atoms with Gasteiger partial charge in [0.2, 0.25) is 0 Å². The van der Waals surface area contributed by atoms with Crippen molar-refractivity contribution in [3.63, 3.8) is 0 Å². The molecule has 5 nitrogen and oxygen atoms in total. The summed E-state index contributed by atoms with van der Waals surface area (Å²) in [4.78, 5) is 28.8. The summed E-state index contributed by atoms with van der Waals surface area (Å²) in [5.74, 6) is -0.967. The predicted octanol–water partition coefficient (Wildman–Crippen LogP) is 3.75. The van der Waals surface area contributed by atoms with Gasteiger partial charge in [0.1, 0.15) is 11.5 Å². The SMILES string of the molecule is Cc1ccccc1NC(=O)c1cc(C(=O)NCCc2ccc(F)cc2)ccn1. The van der Waals surface area contributed by atoms with Crippen molar-refractivity contribution < 1.29 is 14.0 Å². The second-order valence-electron chi connectivity index (χ2n) is 6.33. The van der Waals surface area contributed by atoms with Crippen LogP contribution < -0.4 is 10.6 Å².